The Kier molecular flexibility index (Phi) is 5.05. The van der Waals surface area contributed by atoms with E-state index >= 15 is 0 Å². The molecule has 4 heteroatoms. The van der Waals surface area contributed by atoms with E-state index in [1.54, 1.807) is 14.2 Å². The average Bonchev–Trinajstić information content (AvgIpc) is 3.22. The van der Waals surface area contributed by atoms with Gasteiger partial charge in [-0.2, -0.15) is 0 Å². The first-order valence-electron chi connectivity index (χ1n) is 6.76. The zero-order valence-electron chi connectivity index (χ0n) is 11.9. The van der Waals surface area contributed by atoms with Gasteiger partial charge in [0.25, 0.3) is 0 Å². The highest BCUT2D eigenvalue weighted by Crippen LogP contribution is 2.28. The van der Waals surface area contributed by atoms with Crippen molar-refractivity contribution in [3.8, 4) is 11.5 Å². The Balaban J connectivity index is 1.97. The minimum absolute atomic E-state index is 0.00204. The largest absolute Gasteiger partial charge is 0.493 e. The summed E-state index contributed by atoms with van der Waals surface area (Å²) in [6.45, 7) is 3.40. The predicted molar refractivity (Wildman–Crippen MR) is 75.0 cm³/mol. The highest BCUT2D eigenvalue weighted by atomic mass is 16.5. The molecule has 19 heavy (non-hydrogen) atoms. The first-order chi connectivity index (χ1) is 9.22. The Hall–Kier alpha value is -1.26. The summed E-state index contributed by atoms with van der Waals surface area (Å²) in [5.74, 6) is 1.54. The molecule has 0 heterocycles. The third kappa shape index (κ3) is 4.40. The molecule has 0 aliphatic heterocycles. The Labute approximate surface area is 115 Å². The molecule has 1 saturated carbocycles. The second-order valence-electron chi connectivity index (χ2n) is 5.03. The number of rotatable bonds is 8. The maximum absolute atomic E-state index is 6.00. The van der Waals surface area contributed by atoms with Crippen LogP contribution in [0.1, 0.15) is 18.4 Å². The fourth-order valence-electron chi connectivity index (χ4n) is 1.96. The van der Waals surface area contributed by atoms with Crippen molar-refractivity contribution in [1.29, 1.82) is 0 Å². The highest BCUT2D eigenvalue weighted by molar-refractivity contribution is 5.42. The summed E-state index contributed by atoms with van der Waals surface area (Å²) in [5.41, 5.74) is 1.16. The van der Waals surface area contributed by atoms with Crippen LogP contribution in [0.4, 0.5) is 0 Å². The minimum atomic E-state index is 0.00204. The zero-order valence-corrected chi connectivity index (χ0v) is 11.9. The van der Waals surface area contributed by atoms with Gasteiger partial charge in [-0.15, -0.1) is 0 Å². The predicted octanol–water partition coefficient (Wildman–Crippen LogP) is 2.15. The molecule has 1 atom stereocenters. The molecule has 1 aromatic rings. The van der Waals surface area contributed by atoms with E-state index in [2.05, 4.69) is 5.32 Å². The second-order valence-corrected chi connectivity index (χ2v) is 5.03. The quantitative estimate of drug-likeness (QED) is 0.782. The van der Waals surface area contributed by atoms with Gasteiger partial charge in [0.1, 0.15) is 6.10 Å². The number of nitrogens with one attached hydrogen (secondary N) is 1. The molecule has 1 aromatic carbocycles. The molecule has 1 unspecified atom stereocenters. The van der Waals surface area contributed by atoms with Crippen LogP contribution in [0, 0.1) is 6.92 Å². The van der Waals surface area contributed by atoms with Crippen LogP contribution in [0.25, 0.3) is 0 Å². The van der Waals surface area contributed by atoms with Crippen LogP contribution in [0.5, 0.6) is 11.5 Å². The van der Waals surface area contributed by atoms with Crippen LogP contribution < -0.4 is 14.8 Å². The minimum Gasteiger partial charge on any atom is -0.493 e. The number of benzene rings is 1. The third-order valence-corrected chi connectivity index (χ3v) is 3.18. The van der Waals surface area contributed by atoms with Crippen molar-refractivity contribution in [3.05, 3.63) is 23.8 Å². The van der Waals surface area contributed by atoms with Crippen molar-refractivity contribution in [3.63, 3.8) is 0 Å². The van der Waals surface area contributed by atoms with Gasteiger partial charge >= 0.3 is 0 Å². The van der Waals surface area contributed by atoms with Crippen molar-refractivity contribution < 1.29 is 14.2 Å². The van der Waals surface area contributed by atoms with Crippen LogP contribution in [0.15, 0.2) is 18.2 Å². The molecule has 0 radical (unpaired) electrons. The van der Waals surface area contributed by atoms with E-state index in [0.717, 1.165) is 23.6 Å². The van der Waals surface area contributed by atoms with Crippen LogP contribution in [-0.2, 0) is 4.74 Å². The topological polar surface area (TPSA) is 39.7 Å². The van der Waals surface area contributed by atoms with E-state index in [9.17, 15) is 0 Å². The highest BCUT2D eigenvalue weighted by Gasteiger charge is 2.23. The summed E-state index contributed by atoms with van der Waals surface area (Å²) in [4.78, 5) is 0. The van der Waals surface area contributed by atoms with Crippen molar-refractivity contribution >= 4 is 0 Å². The van der Waals surface area contributed by atoms with Gasteiger partial charge in [-0.3, -0.25) is 0 Å². The normalized spacial score (nSPS) is 16.2. The Morgan fingerprint density at radius 2 is 2.05 bits per heavy atom. The molecule has 2 rings (SSSR count). The summed E-state index contributed by atoms with van der Waals surface area (Å²) in [5, 5.41) is 3.46. The fraction of sp³-hybridized carbons (Fsp3) is 0.600. The van der Waals surface area contributed by atoms with Crippen molar-refractivity contribution in [2.24, 2.45) is 0 Å². The number of methoxy groups -OCH3 is 2. The lowest BCUT2D eigenvalue weighted by atomic mass is 10.2. The van der Waals surface area contributed by atoms with E-state index in [1.807, 2.05) is 25.1 Å². The summed E-state index contributed by atoms with van der Waals surface area (Å²) in [6.07, 6.45) is 2.54. The molecule has 0 bridgehead atoms. The summed E-state index contributed by atoms with van der Waals surface area (Å²) < 4.78 is 16.6. The number of aryl methyl sites for hydroxylation is 1. The maximum Gasteiger partial charge on any atom is 0.161 e. The van der Waals surface area contributed by atoms with Gasteiger partial charge in [0.05, 0.1) is 13.7 Å². The van der Waals surface area contributed by atoms with E-state index in [0.29, 0.717) is 12.6 Å². The van der Waals surface area contributed by atoms with Gasteiger partial charge in [0, 0.05) is 19.7 Å². The molecular weight excluding hydrogens is 242 g/mol. The molecule has 0 amide bonds. The van der Waals surface area contributed by atoms with Crippen molar-refractivity contribution in [1.82, 2.24) is 5.32 Å². The van der Waals surface area contributed by atoms with Crippen molar-refractivity contribution in [2.45, 2.75) is 31.9 Å². The van der Waals surface area contributed by atoms with E-state index in [1.165, 1.54) is 12.8 Å². The van der Waals surface area contributed by atoms with E-state index in [4.69, 9.17) is 14.2 Å². The Morgan fingerprint density at radius 3 is 2.68 bits per heavy atom. The van der Waals surface area contributed by atoms with E-state index < -0.39 is 0 Å². The van der Waals surface area contributed by atoms with Gasteiger partial charge in [0.15, 0.2) is 11.5 Å². The molecule has 4 nitrogen and oxygen atoms in total. The van der Waals surface area contributed by atoms with Gasteiger partial charge < -0.3 is 19.5 Å². The molecular formula is C15H23NO3. The van der Waals surface area contributed by atoms with Gasteiger partial charge in [-0.25, -0.2) is 0 Å². The summed E-state index contributed by atoms with van der Waals surface area (Å²) in [7, 11) is 3.36. The zero-order chi connectivity index (χ0) is 13.7. The average molecular weight is 265 g/mol. The molecule has 0 aromatic heterocycles. The van der Waals surface area contributed by atoms with Crippen LogP contribution in [-0.4, -0.2) is 39.5 Å². The molecule has 106 valence electrons. The van der Waals surface area contributed by atoms with Gasteiger partial charge in [-0.1, -0.05) is 6.07 Å². The van der Waals surface area contributed by atoms with Crippen LogP contribution in [0.3, 0.4) is 0 Å². The molecule has 1 N–H and O–H groups in total. The first kappa shape index (κ1) is 14.2. The molecule has 0 saturated heterocycles. The Bertz CT molecular complexity index is 404. The molecule has 1 aliphatic rings. The standard InChI is InChI=1S/C15H23NO3/c1-11-4-7-14(15(8-11)18-3)19-13(10-17-2)9-16-12-5-6-12/h4,7-8,12-13,16H,5-6,9-10H2,1-3H3. The smallest absolute Gasteiger partial charge is 0.161 e. The lowest BCUT2D eigenvalue weighted by Gasteiger charge is -2.20. The lowest BCUT2D eigenvalue weighted by Crippen LogP contribution is -2.36. The second kappa shape index (κ2) is 6.78. The lowest BCUT2D eigenvalue weighted by molar-refractivity contribution is 0.0784. The summed E-state index contributed by atoms with van der Waals surface area (Å²) in [6, 6.07) is 6.63. The SMILES string of the molecule is COCC(CNC1CC1)Oc1ccc(C)cc1OC. The van der Waals surface area contributed by atoms with E-state index in [-0.39, 0.29) is 6.10 Å². The molecule has 1 fully saturated rings. The third-order valence-electron chi connectivity index (χ3n) is 3.18. The molecule has 1 aliphatic carbocycles. The molecule has 0 spiro atoms. The van der Waals surface area contributed by atoms with Gasteiger partial charge in [-0.05, 0) is 37.5 Å². The van der Waals surface area contributed by atoms with Crippen LogP contribution in [0.2, 0.25) is 0 Å². The van der Waals surface area contributed by atoms with Crippen molar-refractivity contribution in [2.75, 3.05) is 27.4 Å². The maximum atomic E-state index is 6.00. The fourth-order valence-corrected chi connectivity index (χ4v) is 1.96. The number of hydrogen-bond acceptors (Lipinski definition) is 4. The van der Waals surface area contributed by atoms with Crippen LogP contribution >= 0.6 is 0 Å². The monoisotopic (exact) mass is 265 g/mol. The van der Waals surface area contributed by atoms with Gasteiger partial charge in [0.2, 0.25) is 0 Å². The Morgan fingerprint density at radius 1 is 1.26 bits per heavy atom. The number of hydrogen-bond donors (Lipinski definition) is 1. The first-order valence-corrected chi connectivity index (χ1v) is 6.76. The number of ether oxygens (including phenoxy) is 3. The summed E-state index contributed by atoms with van der Waals surface area (Å²) >= 11 is 0.